The molecule has 0 amide bonds. The molecule has 0 aliphatic rings. The smallest absolute Gasteiger partial charge is 0.109 e. The fraction of sp³-hybridized carbons (Fsp3) is 0.800. The number of aliphatic hydroxyl groups excluding tert-OH is 1. The van der Waals surface area contributed by atoms with Crippen molar-refractivity contribution < 1.29 is 14.6 Å². The zero-order chi connectivity index (χ0) is 6.24. The van der Waals surface area contributed by atoms with E-state index >= 15 is 0 Å². The lowest BCUT2D eigenvalue weighted by molar-refractivity contribution is 0.0951. The number of rotatable bonds is 5. The topological polar surface area (TPSA) is 38.7 Å². The average Bonchev–Trinajstić information content (AvgIpc) is 1.81. The molecule has 0 fully saturated rings. The van der Waals surface area contributed by atoms with E-state index in [1.165, 1.54) is 6.61 Å². The van der Waals surface area contributed by atoms with Crippen LogP contribution in [0.1, 0.15) is 0 Å². The highest BCUT2D eigenvalue weighted by atomic mass is 16.5. The van der Waals surface area contributed by atoms with E-state index < -0.39 is 0 Å². The molecule has 0 unspecified atom stereocenters. The van der Waals surface area contributed by atoms with Crippen molar-refractivity contribution in [1.29, 1.82) is 0 Å². The maximum atomic E-state index is 8.18. The second kappa shape index (κ2) is 6.88. The Morgan fingerprint density at radius 2 is 2.38 bits per heavy atom. The number of methoxy groups -OCH3 is 1. The standard InChI is InChI=1S/C5H11O3/c1-7-4-5-8-3-2-6/h5-6H,2-4H2,1H3. The molecular formula is C5H11O3. The first kappa shape index (κ1) is 7.88. The van der Waals surface area contributed by atoms with Crippen LogP contribution in [0, 0.1) is 6.61 Å². The molecular weight excluding hydrogens is 108 g/mol. The second-order valence-electron chi connectivity index (χ2n) is 1.22. The molecule has 1 radical (unpaired) electrons. The Hall–Kier alpha value is -0.120. The number of ether oxygens (including phenoxy) is 2. The molecule has 1 N–H and O–H groups in total. The first-order valence-corrected chi connectivity index (χ1v) is 2.45. The lowest BCUT2D eigenvalue weighted by atomic mass is 10.7. The first-order chi connectivity index (χ1) is 3.91. The van der Waals surface area contributed by atoms with Crippen LogP contribution in [0.15, 0.2) is 0 Å². The molecule has 0 aliphatic heterocycles. The van der Waals surface area contributed by atoms with Crippen LogP contribution in [0.2, 0.25) is 0 Å². The zero-order valence-corrected chi connectivity index (χ0v) is 4.96. The van der Waals surface area contributed by atoms with E-state index in [2.05, 4.69) is 4.74 Å². The van der Waals surface area contributed by atoms with Crippen molar-refractivity contribution in [1.82, 2.24) is 0 Å². The van der Waals surface area contributed by atoms with Crippen LogP contribution >= 0.6 is 0 Å². The zero-order valence-electron chi connectivity index (χ0n) is 4.96. The van der Waals surface area contributed by atoms with Gasteiger partial charge in [-0.2, -0.15) is 0 Å². The van der Waals surface area contributed by atoms with Crippen molar-refractivity contribution in [2.75, 3.05) is 26.9 Å². The fourth-order valence-electron chi connectivity index (χ4n) is 0.252. The van der Waals surface area contributed by atoms with Gasteiger partial charge in [0, 0.05) is 7.11 Å². The van der Waals surface area contributed by atoms with Gasteiger partial charge in [0.25, 0.3) is 0 Å². The highest BCUT2D eigenvalue weighted by molar-refractivity contribution is 4.44. The summed E-state index contributed by atoms with van der Waals surface area (Å²) in [5, 5.41) is 8.18. The summed E-state index contributed by atoms with van der Waals surface area (Å²) >= 11 is 0. The summed E-state index contributed by atoms with van der Waals surface area (Å²) < 4.78 is 9.35. The van der Waals surface area contributed by atoms with Gasteiger partial charge in [0.05, 0.1) is 19.8 Å². The summed E-state index contributed by atoms with van der Waals surface area (Å²) in [4.78, 5) is 0. The Balaban J connectivity index is 2.53. The molecule has 0 rings (SSSR count). The third-order valence-electron chi connectivity index (χ3n) is 0.562. The molecule has 0 aromatic carbocycles. The Morgan fingerprint density at radius 1 is 1.62 bits per heavy atom. The van der Waals surface area contributed by atoms with Gasteiger partial charge in [0.1, 0.15) is 6.61 Å². The van der Waals surface area contributed by atoms with Crippen molar-refractivity contribution >= 4 is 0 Å². The maximum absolute atomic E-state index is 8.18. The molecule has 0 heterocycles. The minimum absolute atomic E-state index is 0.0558. The van der Waals surface area contributed by atoms with Gasteiger partial charge in [-0.25, -0.2) is 0 Å². The van der Waals surface area contributed by atoms with Crippen LogP contribution < -0.4 is 0 Å². The summed E-state index contributed by atoms with van der Waals surface area (Å²) in [6.45, 7) is 2.39. The minimum Gasteiger partial charge on any atom is -0.394 e. The fourth-order valence-corrected chi connectivity index (χ4v) is 0.252. The van der Waals surface area contributed by atoms with Crippen LogP contribution in [0.3, 0.4) is 0 Å². The maximum Gasteiger partial charge on any atom is 0.109 e. The summed E-state index contributed by atoms with van der Waals surface area (Å²) in [5.74, 6) is 0. The normalized spacial score (nSPS) is 9.75. The third kappa shape index (κ3) is 5.88. The van der Waals surface area contributed by atoms with Gasteiger partial charge in [-0.05, 0) is 0 Å². The quantitative estimate of drug-likeness (QED) is 0.509. The molecule has 0 aliphatic carbocycles. The van der Waals surface area contributed by atoms with Crippen molar-refractivity contribution in [2.45, 2.75) is 0 Å². The monoisotopic (exact) mass is 119 g/mol. The lowest BCUT2D eigenvalue weighted by Crippen LogP contribution is -1.99. The van der Waals surface area contributed by atoms with Crippen LogP contribution in [-0.4, -0.2) is 32.0 Å². The summed E-state index contributed by atoms with van der Waals surface area (Å²) in [6.07, 6.45) is 0. The van der Waals surface area contributed by atoms with E-state index in [0.29, 0.717) is 13.2 Å². The molecule has 0 saturated carbocycles. The predicted molar refractivity (Wildman–Crippen MR) is 29.2 cm³/mol. The van der Waals surface area contributed by atoms with Crippen LogP contribution in [0.5, 0.6) is 0 Å². The predicted octanol–water partition coefficient (Wildman–Crippen LogP) is -0.197. The summed E-state index contributed by atoms with van der Waals surface area (Å²) in [5.41, 5.74) is 0. The molecule has 0 atom stereocenters. The Labute approximate surface area is 49.2 Å². The molecule has 49 valence electrons. The Bertz CT molecular complexity index is 32.7. The molecule has 0 saturated heterocycles. The second-order valence-corrected chi connectivity index (χ2v) is 1.22. The highest BCUT2D eigenvalue weighted by Gasteiger charge is 1.83. The first-order valence-electron chi connectivity index (χ1n) is 2.45. The van der Waals surface area contributed by atoms with Gasteiger partial charge in [-0.3, -0.25) is 0 Å². The molecule has 0 aromatic heterocycles. The van der Waals surface area contributed by atoms with E-state index in [1.54, 1.807) is 7.11 Å². The Kier molecular flexibility index (Phi) is 6.78. The van der Waals surface area contributed by atoms with Crippen molar-refractivity contribution in [3.05, 3.63) is 6.61 Å². The van der Waals surface area contributed by atoms with Gasteiger partial charge in [-0.1, -0.05) is 0 Å². The van der Waals surface area contributed by atoms with E-state index in [-0.39, 0.29) is 6.61 Å². The van der Waals surface area contributed by atoms with E-state index in [9.17, 15) is 0 Å². The molecule has 3 nitrogen and oxygen atoms in total. The lowest BCUT2D eigenvalue weighted by Gasteiger charge is -1.97. The molecule has 0 spiro atoms. The number of hydrogen-bond acceptors (Lipinski definition) is 3. The van der Waals surface area contributed by atoms with Crippen molar-refractivity contribution in [3.8, 4) is 0 Å². The summed E-state index contributed by atoms with van der Waals surface area (Å²) in [7, 11) is 1.58. The highest BCUT2D eigenvalue weighted by Crippen LogP contribution is 1.79. The van der Waals surface area contributed by atoms with Crippen molar-refractivity contribution in [3.63, 3.8) is 0 Å². The molecule has 8 heavy (non-hydrogen) atoms. The van der Waals surface area contributed by atoms with Gasteiger partial charge in [0.2, 0.25) is 0 Å². The number of aliphatic hydroxyl groups is 1. The summed E-state index contributed by atoms with van der Waals surface area (Å²) in [6, 6.07) is 0. The molecule has 3 heteroatoms. The van der Waals surface area contributed by atoms with Gasteiger partial charge in [0.15, 0.2) is 0 Å². The number of hydrogen-bond donors (Lipinski definition) is 1. The molecule has 0 aromatic rings. The SMILES string of the molecule is COC[CH]OCCO. The van der Waals surface area contributed by atoms with Crippen LogP contribution in [0.25, 0.3) is 0 Å². The van der Waals surface area contributed by atoms with Gasteiger partial charge < -0.3 is 14.6 Å². The van der Waals surface area contributed by atoms with E-state index in [1.807, 2.05) is 0 Å². The van der Waals surface area contributed by atoms with E-state index in [4.69, 9.17) is 9.84 Å². The largest absolute Gasteiger partial charge is 0.394 e. The van der Waals surface area contributed by atoms with Crippen LogP contribution in [-0.2, 0) is 9.47 Å². The average molecular weight is 119 g/mol. The van der Waals surface area contributed by atoms with E-state index in [0.717, 1.165) is 0 Å². The van der Waals surface area contributed by atoms with Gasteiger partial charge >= 0.3 is 0 Å². The van der Waals surface area contributed by atoms with Gasteiger partial charge in [-0.15, -0.1) is 0 Å². The third-order valence-corrected chi connectivity index (χ3v) is 0.562. The minimum atomic E-state index is 0.0558. The Morgan fingerprint density at radius 3 is 2.88 bits per heavy atom. The van der Waals surface area contributed by atoms with Crippen LogP contribution in [0.4, 0.5) is 0 Å². The van der Waals surface area contributed by atoms with Crippen molar-refractivity contribution in [2.24, 2.45) is 0 Å². The molecule has 0 bridgehead atoms.